The Morgan fingerprint density at radius 1 is 0.750 bits per heavy atom. The van der Waals surface area contributed by atoms with E-state index in [-0.39, 0.29) is 11.6 Å². The number of ketones is 1. The van der Waals surface area contributed by atoms with Gasteiger partial charge in [-0.2, -0.15) is 0 Å². The summed E-state index contributed by atoms with van der Waals surface area (Å²) >= 11 is 0. The standard InChI is InChI=1S/C21H16FNO/c1-15(16-7-11-18(22)12-8-16)21(24)17-9-13-20(14-10-17)23-19-5-3-2-4-6-19/h2-14,23H,1H2. The van der Waals surface area contributed by atoms with Crippen LogP contribution < -0.4 is 5.32 Å². The van der Waals surface area contributed by atoms with E-state index in [1.807, 2.05) is 42.5 Å². The van der Waals surface area contributed by atoms with Crippen molar-refractivity contribution in [3.8, 4) is 0 Å². The molecule has 0 aliphatic carbocycles. The normalized spacial score (nSPS) is 10.2. The summed E-state index contributed by atoms with van der Waals surface area (Å²) in [6.45, 7) is 3.83. The second-order valence-electron chi connectivity index (χ2n) is 5.38. The van der Waals surface area contributed by atoms with E-state index >= 15 is 0 Å². The van der Waals surface area contributed by atoms with Gasteiger partial charge in [-0.25, -0.2) is 4.39 Å². The summed E-state index contributed by atoms with van der Waals surface area (Å²) in [5.41, 5.74) is 3.38. The van der Waals surface area contributed by atoms with Crippen LogP contribution in [0.2, 0.25) is 0 Å². The average Bonchev–Trinajstić information content (AvgIpc) is 2.63. The Balaban J connectivity index is 1.74. The first-order valence-corrected chi connectivity index (χ1v) is 7.55. The zero-order valence-corrected chi connectivity index (χ0v) is 13.0. The SMILES string of the molecule is C=C(C(=O)c1ccc(Nc2ccccc2)cc1)c1ccc(F)cc1. The number of para-hydroxylation sites is 1. The first kappa shape index (κ1) is 15.7. The second kappa shape index (κ2) is 6.92. The zero-order chi connectivity index (χ0) is 16.9. The molecule has 0 fully saturated rings. The molecule has 0 atom stereocenters. The number of carbonyl (C=O) groups excluding carboxylic acids is 1. The van der Waals surface area contributed by atoms with E-state index in [4.69, 9.17) is 0 Å². The van der Waals surface area contributed by atoms with E-state index in [1.54, 1.807) is 24.3 Å². The molecule has 24 heavy (non-hydrogen) atoms. The van der Waals surface area contributed by atoms with Gasteiger partial charge in [0, 0.05) is 22.5 Å². The Morgan fingerprint density at radius 2 is 1.29 bits per heavy atom. The van der Waals surface area contributed by atoms with Crippen LogP contribution in [0.3, 0.4) is 0 Å². The number of halogens is 1. The number of hydrogen-bond acceptors (Lipinski definition) is 2. The topological polar surface area (TPSA) is 29.1 Å². The van der Waals surface area contributed by atoms with Crippen molar-refractivity contribution in [1.29, 1.82) is 0 Å². The van der Waals surface area contributed by atoms with Gasteiger partial charge in [-0.15, -0.1) is 0 Å². The lowest BCUT2D eigenvalue weighted by Gasteiger charge is -2.08. The first-order valence-electron chi connectivity index (χ1n) is 7.55. The van der Waals surface area contributed by atoms with E-state index in [0.717, 1.165) is 11.4 Å². The Morgan fingerprint density at radius 3 is 1.92 bits per heavy atom. The molecule has 1 N–H and O–H groups in total. The van der Waals surface area contributed by atoms with Crippen LogP contribution in [0.15, 0.2) is 85.4 Å². The second-order valence-corrected chi connectivity index (χ2v) is 5.38. The smallest absolute Gasteiger partial charge is 0.193 e. The van der Waals surface area contributed by atoms with E-state index in [1.165, 1.54) is 12.1 Å². The van der Waals surface area contributed by atoms with Crippen LogP contribution in [-0.4, -0.2) is 5.78 Å². The third kappa shape index (κ3) is 3.58. The number of carbonyl (C=O) groups is 1. The van der Waals surface area contributed by atoms with Gasteiger partial charge in [-0.1, -0.05) is 36.9 Å². The van der Waals surface area contributed by atoms with E-state index in [9.17, 15) is 9.18 Å². The minimum absolute atomic E-state index is 0.173. The third-order valence-corrected chi connectivity index (χ3v) is 3.68. The number of rotatable bonds is 5. The minimum atomic E-state index is -0.338. The van der Waals surface area contributed by atoms with Gasteiger partial charge in [-0.05, 0) is 54.1 Å². The summed E-state index contributed by atoms with van der Waals surface area (Å²) in [4.78, 5) is 12.5. The van der Waals surface area contributed by atoms with Crippen molar-refractivity contribution < 1.29 is 9.18 Å². The molecule has 0 spiro atoms. The number of hydrogen-bond donors (Lipinski definition) is 1. The summed E-state index contributed by atoms with van der Waals surface area (Å²) < 4.78 is 13.0. The molecular formula is C21H16FNO. The maximum atomic E-state index is 13.0. The number of allylic oxidation sites excluding steroid dienone is 1. The molecule has 0 heterocycles. The lowest BCUT2D eigenvalue weighted by Crippen LogP contribution is -2.02. The molecule has 3 aromatic carbocycles. The largest absolute Gasteiger partial charge is 0.356 e. The van der Waals surface area contributed by atoms with Crippen LogP contribution in [0.25, 0.3) is 5.57 Å². The quantitative estimate of drug-likeness (QED) is 0.500. The van der Waals surface area contributed by atoms with Crippen molar-refractivity contribution >= 4 is 22.7 Å². The van der Waals surface area contributed by atoms with Crippen LogP contribution in [0.5, 0.6) is 0 Å². The molecule has 3 aromatic rings. The van der Waals surface area contributed by atoms with Crippen molar-refractivity contribution in [3.05, 3.63) is 102 Å². The van der Waals surface area contributed by atoms with Gasteiger partial charge in [0.1, 0.15) is 5.82 Å². The van der Waals surface area contributed by atoms with Crippen LogP contribution in [-0.2, 0) is 0 Å². The maximum absolute atomic E-state index is 13.0. The third-order valence-electron chi connectivity index (χ3n) is 3.68. The van der Waals surface area contributed by atoms with Gasteiger partial charge in [0.05, 0.1) is 0 Å². The molecule has 0 saturated heterocycles. The Labute approximate surface area is 140 Å². The molecule has 3 rings (SSSR count). The van der Waals surface area contributed by atoms with E-state index in [0.29, 0.717) is 16.7 Å². The summed E-state index contributed by atoms with van der Waals surface area (Å²) in [6, 6.07) is 22.7. The minimum Gasteiger partial charge on any atom is -0.356 e. The molecule has 0 aromatic heterocycles. The van der Waals surface area contributed by atoms with Gasteiger partial charge in [0.2, 0.25) is 0 Å². The lowest BCUT2D eigenvalue weighted by molar-refractivity contribution is 0.105. The van der Waals surface area contributed by atoms with Crippen LogP contribution in [0.1, 0.15) is 15.9 Å². The molecule has 0 bridgehead atoms. The molecule has 0 unspecified atom stereocenters. The molecule has 0 aliphatic rings. The van der Waals surface area contributed by atoms with Crippen LogP contribution in [0.4, 0.5) is 15.8 Å². The summed E-state index contributed by atoms with van der Waals surface area (Å²) in [5.74, 6) is -0.511. The zero-order valence-electron chi connectivity index (χ0n) is 13.0. The highest BCUT2D eigenvalue weighted by atomic mass is 19.1. The van der Waals surface area contributed by atoms with Crippen molar-refractivity contribution in [2.75, 3.05) is 5.32 Å². The fourth-order valence-electron chi connectivity index (χ4n) is 2.35. The highest BCUT2D eigenvalue weighted by molar-refractivity contribution is 6.28. The predicted molar refractivity (Wildman–Crippen MR) is 95.9 cm³/mol. The molecule has 0 aliphatic heterocycles. The van der Waals surface area contributed by atoms with Crippen LogP contribution in [0, 0.1) is 5.82 Å². The van der Waals surface area contributed by atoms with Gasteiger partial charge in [0.15, 0.2) is 5.78 Å². The monoisotopic (exact) mass is 317 g/mol. The van der Waals surface area contributed by atoms with Crippen molar-refractivity contribution in [2.45, 2.75) is 0 Å². The molecule has 3 heteroatoms. The molecule has 118 valence electrons. The number of anilines is 2. The van der Waals surface area contributed by atoms with Gasteiger partial charge in [-0.3, -0.25) is 4.79 Å². The number of benzene rings is 3. The van der Waals surface area contributed by atoms with Crippen molar-refractivity contribution in [3.63, 3.8) is 0 Å². The highest BCUT2D eigenvalue weighted by Crippen LogP contribution is 2.21. The lowest BCUT2D eigenvalue weighted by atomic mass is 9.98. The summed E-state index contributed by atoms with van der Waals surface area (Å²) in [6.07, 6.45) is 0. The molecule has 0 amide bonds. The number of nitrogens with one attached hydrogen (secondary N) is 1. The summed E-state index contributed by atoms with van der Waals surface area (Å²) in [7, 11) is 0. The molecule has 2 nitrogen and oxygen atoms in total. The Bertz CT molecular complexity index is 853. The Hall–Kier alpha value is -3.20. The van der Waals surface area contributed by atoms with Crippen molar-refractivity contribution in [2.24, 2.45) is 0 Å². The highest BCUT2D eigenvalue weighted by Gasteiger charge is 2.12. The first-order chi connectivity index (χ1) is 11.6. The van der Waals surface area contributed by atoms with E-state index < -0.39 is 0 Å². The number of Topliss-reactive ketones (excluding diaryl/α,β-unsaturated/α-hetero) is 1. The van der Waals surface area contributed by atoms with Gasteiger partial charge < -0.3 is 5.32 Å². The van der Waals surface area contributed by atoms with Gasteiger partial charge in [0.25, 0.3) is 0 Å². The maximum Gasteiger partial charge on any atom is 0.193 e. The van der Waals surface area contributed by atoms with Gasteiger partial charge >= 0.3 is 0 Å². The molecular weight excluding hydrogens is 301 g/mol. The molecule has 0 saturated carbocycles. The Kier molecular flexibility index (Phi) is 4.52. The van der Waals surface area contributed by atoms with E-state index in [2.05, 4.69) is 11.9 Å². The fraction of sp³-hybridized carbons (Fsp3) is 0. The summed E-state index contributed by atoms with van der Waals surface area (Å²) in [5, 5.41) is 3.26. The molecule has 0 radical (unpaired) electrons. The fourth-order valence-corrected chi connectivity index (χ4v) is 2.35. The van der Waals surface area contributed by atoms with Crippen molar-refractivity contribution in [1.82, 2.24) is 0 Å². The average molecular weight is 317 g/mol. The van der Waals surface area contributed by atoms with Crippen LogP contribution >= 0.6 is 0 Å². The predicted octanol–water partition coefficient (Wildman–Crippen LogP) is 5.47.